The fourth-order valence-electron chi connectivity index (χ4n) is 3.99. The van der Waals surface area contributed by atoms with E-state index in [4.69, 9.17) is 14.2 Å². The van der Waals surface area contributed by atoms with Crippen LogP contribution in [0.1, 0.15) is 24.0 Å². The lowest BCUT2D eigenvalue weighted by Crippen LogP contribution is -2.58. The van der Waals surface area contributed by atoms with Crippen molar-refractivity contribution in [3.63, 3.8) is 0 Å². The molecule has 0 aliphatic heterocycles. The molecule has 0 heterocycles. The summed E-state index contributed by atoms with van der Waals surface area (Å²) in [6, 6.07) is 8.17. The molecule has 2 aromatic rings. The smallest absolute Gasteiger partial charge is 0.338 e. The second-order valence-corrected chi connectivity index (χ2v) is 8.72. The number of phenols is 3. The van der Waals surface area contributed by atoms with E-state index in [1.165, 1.54) is 55.7 Å². The molecule has 0 radical (unpaired) electrons. The Morgan fingerprint density at radius 1 is 0.846 bits per heavy atom. The van der Waals surface area contributed by atoms with Crippen LogP contribution in [0.25, 0.3) is 12.2 Å². The molecule has 0 bridgehead atoms. The van der Waals surface area contributed by atoms with Crippen LogP contribution in [0.4, 0.5) is 0 Å². The van der Waals surface area contributed by atoms with Crippen molar-refractivity contribution >= 4 is 30.1 Å². The number of aliphatic hydroxyl groups is 2. The van der Waals surface area contributed by atoms with Crippen molar-refractivity contribution < 1.29 is 58.9 Å². The van der Waals surface area contributed by atoms with E-state index < -0.39 is 60.4 Å². The van der Waals surface area contributed by atoms with Crippen LogP contribution in [-0.4, -0.2) is 81.6 Å². The second-order valence-electron chi connectivity index (χ2n) is 8.72. The fraction of sp³-hybridized carbons (Fsp3) is 0.296. The van der Waals surface area contributed by atoms with Crippen molar-refractivity contribution in [1.82, 2.24) is 0 Å². The number of rotatable bonds is 8. The SMILES string of the molecule is COC(=O)[C@]1(O)C[C@@H](O)[C@@H](OC(=O)/C=C/c2ccc(O)c(O)c2)[C@H](OC(=O)/C=C/c2ccc(O)c(OC)c2)C1. The van der Waals surface area contributed by atoms with Crippen molar-refractivity contribution in [3.05, 3.63) is 59.7 Å². The van der Waals surface area contributed by atoms with Crippen molar-refractivity contribution in [2.45, 2.75) is 36.8 Å². The van der Waals surface area contributed by atoms with Crippen molar-refractivity contribution in [3.8, 4) is 23.0 Å². The van der Waals surface area contributed by atoms with Crippen LogP contribution in [0.3, 0.4) is 0 Å². The maximum atomic E-state index is 12.6. The highest BCUT2D eigenvalue weighted by atomic mass is 16.6. The Morgan fingerprint density at radius 2 is 1.44 bits per heavy atom. The first kappa shape index (κ1) is 29.0. The molecule has 0 unspecified atom stereocenters. The zero-order chi connectivity index (χ0) is 28.7. The quantitative estimate of drug-likeness (QED) is 0.139. The fourth-order valence-corrected chi connectivity index (χ4v) is 3.99. The van der Waals surface area contributed by atoms with Gasteiger partial charge >= 0.3 is 17.9 Å². The number of hydrogen-bond acceptors (Lipinski definition) is 12. The van der Waals surface area contributed by atoms with E-state index in [-0.39, 0.29) is 17.2 Å². The minimum absolute atomic E-state index is 0.101. The number of benzene rings is 2. The average molecular weight is 545 g/mol. The molecular formula is C27H28O12. The highest BCUT2D eigenvalue weighted by Gasteiger charge is 2.52. The maximum Gasteiger partial charge on any atom is 0.338 e. The van der Waals surface area contributed by atoms with Gasteiger partial charge in [0.05, 0.1) is 20.3 Å². The molecule has 12 heteroatoms. The number of aromatic hydroxyl groups is 3. The van der Waals surface area contributed by atoms with Crippen LogP contribution in [0.5, 0.6) is 23.0 Å². The lowest BCUT2D eigenvalue weighted by Gasteiger charge is -2.41. The first-order valence-corrected chi connectivity index (χ1v) is 11.6. The summed E-state index contributed by atoms with van der Waals surface area (Å²) >= 11 is 0. The maximum absolute atomic E-state index is 12.6. The van der Waals surface area contributed by atoms with Crippen LogP contribution in [-0.2, 0) is 28.6 Å². The van der Waals surface area contributed by atoms with Gasteiger partial charge in [0, 0.05) is 25.0 Å². The van der Waals surface area contributed by atoms with Crippen molar-refractivity contribution in [2.75, 3.05) is 14.2 Å². The van der Waals surface area contributed by atoms with Crippen LogP contribution in [0.2, 0.25) is 0 Å². The Kier molecular flexibility index (Phi) is 9.17. The summed E-state index contributed by atoms with van der Waals surface area (Å²) in [4.78, 5) is 37.3. The number of phenolic OH excluding ortho intramolecular Hbond substituents is 3. The van der Waals surface area contributed by atoms with E-state index in [1.54, 1.807) is 0 Å². The van der Waals surface area contributed by atoms with E-state index in [0.717, 1.165) is 19.3 Å². The summed E-state index contributed by atoms with van der Waals surface area (Å²) in [5, 5.41) is 50.1. The molecule has 39 heavy (non-hydrogen) atoms. The standard InChI is InChI=1S/C27H28O12/c1-36-21-12-16(4-8-18(21)29)6-9-23(32)38-22-14-27(35,26(34)37-2)13-20(31)25(22)39-24(33)10-5-15-3-7-17(28)19(30)11-15/h3-12,20,22,25,28-31,35H,13-14H2,1-2H3/b9-6+,10-5+/t20-,22-,25-,27+/m1/s1. The Hall–Kier alpha value is -4.55. The molecule has 1 aliphatic rings. The van der Waals surface area contributed by atoms with Crippen molar-refractivity contribution in [2.24, 2.45) is 0 Å². The molecule has 0 aromatic heterocycles. The first-order chi connectivity index (χ1) is 18.4. The van der Waals surface area contributed by atoms with Gasteiger partial charge in [-0.25, -0.2) is 14.4 Å². The number of ether oxygens (including phenoxy) is 4. The molecule has 1 saturated carbocycles. The number of carbonyl (C=O) groups excluding carboxylic acids is 3. The summed E-state index contributed by atoms with van der Waals surface area (Å²) in [5.74, 6) is -3.64. The van der Waals surface area contributed by atoms with Crippen LogP contribution >= 0.6 is 0 Å². The number of esters is 3. The lowest BCUT2D eigenvalue weighted by atomic mass is 9.79. The highest BCUT2D eigenvalue weighted by molar-refractivity contribution is 5.88. The Bertz CT molecular complexity index is 1280. The molecule has 3 rings (SSSR count). The van der Waals surface area contributed by atoms with E-state index >= 15 is 0 Å². The van der Waals surface area contributed by atoms with Gasteiger partial charge in [-0.15, -0.1) is 0 Å². The molecule has 0 amide bonds. The van der Waals surface area contributed by atoms with Gasteiger partial charge in [0.25, 0.3) is 0 Å². The number of methoxy groups -OCH3 is 2. The molecule has 1 fully saturated rings. The third kappa shape index (κ3) is 7.27. The van der Waals surface area contributed by atoms with Gasteiger partial charge in [-0.3, -0.25) is 0 Å². The largest absolute Gasteiger partial charge is 0.504 e. The summed E-state index contributed by atoms with van der Waals surface area (Å²) < 4.78 is 20.3. The summed E-state index contributed by atoms with van der Waals surface area (Å²) in [6.45, 7) is 0. The van der Waals surface area contributed by atoms with Crippen LogP contribution in [0, 0.1) is 0 Å². The number of aliphatic hydroxyl groups excluding tert-OH is 1. The molecule has 12 nitrogen and oxygen atoms in total. The summed E-state index contributed by atoms with van der Waals surface area (Å²) in [6.07, 6.45) is -0.950. The predicted octanol–water partition coefficient (Wildman–Crippen LogP) is 1.42. The monoisotopic (exact) mass is 544 g/mol. The molecule has 0 saturated heterocycles. The number of carbonyl (C=O) groups is 3. The van der Waals surface area contributed by atoms with E-state index in [0.29, 0.717) is 11.1 Å². The first-order valence-electron chi connectivity index (χ1n) is 11.6. The lowest BCUT2D eigenvalue weighted by molar-refractivity contribution is -0.206. The Balaban J connectivity index is 1.78. The summed E-state index contributed by atoms with van der Waals surface area (Å²) in [5.41, 5.74) is -1.38. The van der Waals surface area contributed by atoms with Gasteiger partial charge in [0.15, 0.2) is 34.7 Å². The number of hydrogen-bond donors (Lipinski definition) is 5. The van der Waals surface area contributed by atoms with Gasteiger partial charge < -0.3 is 44.5 Å². The van der Waals surface area contributed by atoms with E-state index in [2.05, 4.69) is 4.74 Å². The molecule has 0 spiro atoms. The van der Waals surface area contributed by atoms with Gasteiger partial charge in [-0.1, -0.05) is 12.1 Å². The zero-order valence-electron chi connectivity index (χ0n) is 21.0. The molecule has 1 aliphatic carbocycles. The predicted molar refractivity (Wildman–Crippen MR) is 134 cm³/mol. The molecule has 2 aromatic carbocycles. The molecule has 4 atom stereocenters. The highest BCUT2D eigenvalue weighted by Crippen LogP contribution is 2.34. The van der Waals surface area contributed by atoms with Gasteiger partial charge in [-0.2, -0.15) is 0 Å². The third-order valence-electron chi connectivity index (χ3n) is 5.94. The second kappa shape index (κ2) is 12.3. The van der Waals surface area contributed by atoms with Crippen LogP contribution in [0.15, 0.2) is 48.6 Å². The Labute approximate surface area is 222 Å². The van der Waals surface area contributed by atoms with E-state index in [9.17, 15) is 39.9 Å². The third-order valence-corrected chi connectivity index (χ3v) is 5.94. The minimum atomic E-state index is -2.21. The molecule has 5 N–H and O–H groups in total. The molecule has 208 valence electrons. The zero-order valence-corrected chi connectivity index (χ0v) is 21.0. The minimum Gasteiger partial charge on any atom is -0.504 e. The Morgan fingerprint density at radius 3 is 2.03 bits per heavy atom. The topological polar surface area (TPSA) is 189 Å². The van der Waals surface area contributed by atoms with Gasteiger partial charge in [-0.05, 0) is 47.5 Å². The summed E-state index contributed by atoms with van der Waals surface area (Å²) in [7, 11) is 2.40. The van der Waals surface area contributed by atoms with Crippen molar-refractivity contribution in [1.29, 1.82) is 0 Å². The normalized spacial score (nSPS) is 22.9. The average Bonchev–Trinajstić information content (AvgIpc) is 2.90. The van der Waals surface area contributed by atoms with Crippen LogP contribution < -0.4 is 4.74 Å². The van der Waals surface area contributed by atoms with Gasteiger partial charge in [0.2, 0.25) is 0 Å². The van der Waals surface area contributed by atoms with E-state index in [1.807, 2.05) is 0 Å². The van der Waals surface area contributed by atoms with Gasteiger partial charge in [0.1, 0.15) is 6.10 Å². The molecular weight excluding hydrogens is 516 g/mol.